The van der Waals surface area contributed by atoms with Crippen molar-refractivity contribution in [3.8, 4) is 11.8 Å². The molecule has 5 nitrogen and oxygen atoms in total. The van der Waals surface area contributed by atoms with Gasteiger partial charge in [-0.3, -0.25) is 4.79 Å². The molecule has 0 unspecified atom stereocenters. The number of benzene rings is 1. The van der Waals surface area contributed by atoms with E-state index in [-0.39, 0.29) is 17.4 Å². The third-order valence-electron chi connectivity index (χ3n) is 3.24. The quantitative estimate of drug-likeness (QED) is 0.569. The van der Waals surface area contributed by atoms with Crippen molar-refractivity contribution in [1.29, 1.82) is 5.26 Å². The van der Waals surface area contributed by atoms with Crippen molar-refractivity contribution in [3.05, 3.63) is 32.2 Å². The van der Waals surface area contributed by atoms with Gasteiger partial charge < -0.3 is 15.2 Å². The highest BCUT2D eigenvalue weighted by Gasteiger charge is 2.18. The molecule has 0 aromatic heterocycles. The molecule has 0 saturated carbocycles. The Hall–Kier alpha value is -1.36. The lowest BCUT2D eigenvalue weighted by atomic mass is 10.1. The molecule has 1 aliphatic rings. The van der Waals surface area contributed by atoms with Crippen LogP contribution in [0.3, 0.4) is 0 Å². The smallest absolute Gasteiger partial charge is 0.262 e. The van der Waals surface area contributed by atoms with E-state index in [9.17, 15) is 9.90 Å². The number of aromatic hydroxyl groups is 1. The minimum Gasteiger partial charge on any atom is -0.506 e. The number of halogens is 2. The lowest BCUT2D eigenvalue weighted by Crippen LogP contribution is -2.32. The molecule has 0 radical (unpaired) electrons. The molecule has 0 bridgehead atoms. The zero-order valence-electron chi connectivity index (χ0n) is 11.6. The van der Waals surface area contributed by atoms with Crippen molar-refractivity contribution in [2.24, 2.45) is 0 Å². The second-order valence-electron chi connectivity index (χ2n) is 4.84. The van der Waals surface area contributed by atoms with E-state index in [1.54, 1.807) is 12.1 Å². The topological polar surface area (TPSA) is 82.3 Å². The minimum atomic E-state index is -0.478. The van der Waals surface area contributed by atoms with Crippen LogP contribution in [-0.2, 0) is 9.53 Å². The second kappa shape index (κ2) is 7.77. The molecule has 116 valence electrons. The number of nitrogens with zero attached hydrogens (tertiary/aromatic N) is 1. The first kappa shape index (κ1) is 17.0. The van der Waals surface area contributed by atoms with Gasteiger partial charge in [0, 0.05) is 23.2 Å². The summed E-state index contributed by atoms with van der Waals surface area (Å²) in [5.74, 6) is -0.503. The molecule has 22 heavy (non-hydrogen) atoms. The first-order valence-corrected chi connectivity index (χ1v) is 8.29. The lowest BCUT2D eigenvalue weighted by molar-refractivity contribution is -0.117. The van der Waals surface area contributed by atoms with Gasteiger partial charge in [-0.25, -0.2) is 0 Å². The average molecular weight is 430 g/mol. The predicted molar refractivity (Wildman–Crippen MR) is 89.1 cm³/mol. The average Bonchev–Trinajstić information content (AvgIpc) is 3.00. The standard InChI is InChI=1S/C15H14Br2N2O3/c16-11-5-9(14(20)13(17)6-11)4-10(7-18)15(21)19-8-12-2-1-3-22-12/h4-6,12,20H,1-3,8H2,(H,19,21)/b10-4+/t12-/m1/s1. The van der Waals surface area contributed by atoms with Crippen LogP contribution in [0.5, 0.6) is 5.75 Å². The number of amides is 1. The zero-order chi connectivity index (χ0) is 16.1. The highest BCUT2D eigenvalue weighted by Crippen LogP contribution is 2.33. The van der Waals surface area contributed by atoms with Crippen molar-refractivity contribution < 1.29 is 14.6 Å². The zero-order valence-corrected chi connectivity index (χ0v) is 14.8. The number of phenols is 1. The molecule has 1 aromatic carbocycles. The van der Waals surface area contributed by atoms with Crippen molar-refractivity contribution in [2.75, 3.05) is 13.2 Å². The van der Waals surface area contributed by atoms with E-state index in [4.69, 9.17) is 10.00 Å². The third-order valence-corrected chi connectivity index (χ3v) is 4.30. The van der Waals surface area contributed by atoms with Gasteiger partial charge in [0.25, 0.3) is 5.91 Å². The van der Waals surface area contributed by atoms with E-state index in [2.05, 4.69) is 37.2 Å². The molecule has 1 amide bonds. The first-order chi connectivity index (χ1) is 10.5. The molecule has 1 aliphatic heterocycles. The van der Waals surface area contributed by atoms with Crippen LogP contribution in [-0.4, -0.2) is 30.3 Å². The van der Waals surface area contributed by atoms with E-state index in [1.165, 1.54) is 6.08 Å². The summed E-state index contributed by atoms with van der Waals surface area (Å²) in [5.41, 5.74) is 0.309. The number of nitriles is 1. The second-order valence-corrected chi connectivity index (χ2v) is 6.61. The molecule has 1 aromatic rings. The van der Waals surface area contributed by atoms with Gasteiger partial charge in [-0.15, -0.1) is 0 Å². The van der Waals surface area contributed by atoms with Gasteiger partial charge in [0.05, 0.1) is 10.6 Å². The molecular formula is C15H14Br2N2O3. The summed E-state index contributed by atoms with van der Waals surface area (Å²) >= 11 is 6.51. The summed E-state index contributed by atoms with van der Waals surface area (Å²) in [6, 6.07) is 5.16. The number of hydrogen-bond acceptors (Lipinski definition) is 4. The Bertz CT molecular complexity index is 647. The highest BCUT2D eigenvalue weighted by molar-refractivity contribution is 9.11. The van der Waals surface area contributed by atoms with Gasteiger partial charge >= 0.3 is 0 Å². The van der Waals surface area contributed by atoms with Gasteiger partial charge in [0.2, 0.25) is 0 Å². The van der Waals surface area contributed by atoms with Crippen molar-refractivity contribution in [2.45, 2.75) is 18.9 Å². The summed E-state index contributed by atoms with van der Waals surface area (Å²) in [6.07, 6.45) is 3.26. The maximum atomic E-state index is 12.1. The van der Waals surface area contributed by atoms with E-state index in [0.717, 1.165) is 17.3 Å². The number of phenolic OH excluding ortho intramolecular Hbond substituents is 1. The van der Waals surface area contributed by atoms with E-state index in [0.29, 0.717) is 23.2 Å². The van der Waals surface area contributed by atoms with Crippen LogP contribution >= 0.6 is 31.9 Å². The molecule has 1 atom stereocenters. The summed E-state index contributed by atoms with van der Waals surface area (Å²) < 4.78 is 6.62. The Morgan fingerprint density at radius 3 is 2.95 bits per heavy atom. The van der Waals surface area contributed by atoms with Gasteiger partial charge in [0.1, 0.15) is 17.4 Å². The molecule has 2 N–H and O–H groups in total. The predicted octanol–water partition coefficient (Wildman–Crippen LogP) is 3.12. The van der Waals surface area contributed by atoms with Gasteiger partial charge in [-0.05, 0) is 47.0 Å². The minimum absolute atomic E-state index is 0.0114. The van der Waals surface area contributed by atoms with Gasteiger partial charge in [-0.2, -0.15) is 5.26 Å². The van der Waals surface area contributed by atoms with Crippen LogP contribution in [0.15, 0.2) is 26.7 Å². The van der Waals surface area contributed by atoms with Crippen LogP contribution in [0.25, 0.3) is 6.08 Å². The van der Waals surface area contributed by atoms with Crippen LogP contribution in [0, 0.1) is 11.3 Å². The molecule has 0 aliphatic carbocycles. The molecule has 1 heterocycles. The number of carbonyl (C=O) groups is 1. The maximum absolute atomic E-state index is 12.1. The SMILES string of the molecule is N#C/C(=C\c1cc(Br)cc(Br)c1O)C(=O)NC[C@H]1CCCO1. The third kappa shape index (κ3) is 4.32. The van der Waals surface area contributed by atoms with E-state index < -0.39 is 5.91 Å². The Morgan fingerprint density at radius 1 is 1.55 bits per heavy atom. The number of nitrogens with one attached hydrogen (secondary N) is 1. The maximum Gasteiger partial charge on any atom is 0.262 e. The Morgan fingerprint density at radius 2 is 2.32 bits per heavy atom. The number of carbonyl (C=O) groups excluding carboxylic acids is 1. The van der Waals surface area contributed by atoms with Crippen molar-refractivity contribution in [3.63, 3.8) is 0 Å². The van der Waals surface area contributed by atoms with Gasteiger partial charge in [-0.1, -0.05) is 15.9 Å². The Balaban J connectivity index is 2.13. The number of ether oxygens (including phenoxy) is 1. The van der Waals surface area contributed by atoms with Crippen LogP contribution in [0.2, 0.25) is 0 Å². The van der Waals surface area contributed by atoms with Crippen molar-refractivity contribution >= 4 is 43.8 Å². The van der Waals surface area contributed by atoms with Crippen molar-refractivity contribution in [1.82, 2.24) is 5.32 Å². The summed E-state index contributed by atoms with van der Waals surface area (Å²) in [7, 11) is 0. The lowest BCUT2D eigenvalue weighted by Gasteiger charge is -2.10. The molecule has 1 fully saturated rings. The van der Waals surface area contributed by atoms with Crippen LogP contribution in [0.4, 0.5) is 0 Å². The Kier molecular flexibility index (Phi) is 6.00. The highest BCUT2D eigenvalue weighted by atomic mass is 79.9. The molecule has 0 spiro atoms. The monoisotopic (exact) mass is 428 g/mol. The largest absolute Gasteiger partial charge is 0.506 e. The fraction of sp³-hybridized carbons (Fsp3) is 0.333. The van der Waals surface area contributed by atoms with Crippen LogP contribution in [0.1, 0.15) is 18.4 Å². The number of hydrogen-bond donors (Lipinski definition) is 2. The summed E-state index contributed by atoms with van der Waals surface area (Å²) in [4.78, 5) is 12.1. The summed E-state index contributed by atoms with van der Waals surface area (Å²) in [5, 5.41) is 21.8. The molecule has 2 rings (SSSR count). The molecule has 7 heteroatoms. The van der Waals surface area contributed by atoms with E-state index >= 15 is 0 Å². The molecular weight excluding hydrogens is 416 g/mol. The molecule has 1 saturated heterocycles. The summed E-state index contributed by atoms with van der Waals surface area (Å²) in [6.45, 7) is 1.09. The number of rotatable bonds is 4. The normalized spacial score (nSPS) is 18.0. The van der Waals surface area contributed by atoms with E-state index in [1.807, 2.05) is 6.07 Å². The van der Waals surface area contributed by atoms with Crippen LogP contribution < -0.4 is 5.32 Å². The Labute approximate surface area is 145 Å². The fourth-order valence-electron chi connectivity index (χ4n) is 2.11. The fourth-order valence-corrected chi connectivity index (χ4v) is 3.37. The first-order valence-electron chi connectivity index (χ1n) is 6.71. The van der Waals surface area contributed by atoms with Gasteiger partial charge in [0.15, 0.2) is 0 Å².